The monoisotopic (exact) mass is 337 g/mol. The second-order valence-electron chi connectivity index (χ2n) is 6.17. The number of nitrogens with one attached hydrogen (secondary N) is 1. The summed E-state index contributed by atoms with van der Waals surface area (Å²) in [5.41, 5.74) is 1.25. The van der Waals surface area contributed by atoms with E-state index in [9.17, 15) is 14.4 Å². The summed E-state index contributed by atoms with van der Waals surface area (Å²) in [6, 6.07) is 4.85. The third kappa shape index (κ3) is 3.18. The Kier molecular flexibility index (Phi) is 4.66. The van der Waals surface area contributed by atoms with E-state index in [0.29, 0.717) is 36.0 Å². The van der Waals surface area contributed by atoms with Gasteiger partial charge in [0.1, 0.15) is 11.9 Å². The molecule has 1 aliphatic rings. The molecule has 1 unspecified atom stereocenters. The van der Waals surface area contributed by atoms with Crippen LogP contribution in [0.2, 0.25) is 0 Å². The second kappa shape index (κ2) is 6.89. The Morgan fingerprint density at radius 2 is 2.16 bits per heavy atom. The van der Waals surface area contributed by atoms with Crippen molar-refractivity contribution < 1.29 is 9.59 Å². The molecule has 6 heteroatoms. The van der Waals surface area contributed by atoms with Gasteiger partial charge >= 0.3 is 0 Å². The van der Waals surface area contributed by atoms with E-state index in [0.717, 1.165) is 12.0 Å². The molecule has 3 rings (SSSR count). The Balaban J connectivity index is 2.12. The number of terminal acetylenes is 1. The van der Waals surface area contributed by atoms with Gasteiger partial charge in [0, 0.05) is 12.8 Å². The molecule has 128 valence electrons. The first kappa shape index (κ1) is 16.9. The maximum Gasteiger partial charge on any atom is 0.262 e. The molecular weight excluding hydrogens is 318 g/mol. The topological polar surface area (TPSA) is 81.1 Å². The van der Waals surface area contributed by atoms with E-state index in [1.807, 2.05) is 12.1 Å². The predicted octanol–water partition coefficient (Wildman–Crippen LogP) is 1.64. The predicted molar refractivity (Wildman–Crippen MR) is 93.9 cm³/mol. The average Bonchev–Trinajstić information content (AvgIpc) is 2.56. The molecule has 0 saturated carbocycles. The highest BCUT2D eigenvalue weighted by Crippen LogP contribution is 2.21. The number of imide groups is 1. The fourth-order valence-corrected chi connectivity index (χ4v) is 3.31. The summed E-state index contributed by atoms with van der Waals surface area (Å²) in [4.78, 5) is 41.2. The highest BCUT2D eigenvalue weighted by atomic mass is 16.2. The zero-order chi connectivity index (χ0) is 18.0. The second-order valence-corrected chi connectivity index (χ2v) is 6.17. The minimum atomic E-state index is -0.708. The van der Waals surface area contributed by atoms with Crippen LogP contribution in [-0.2, 0) is 16.0 Å². The Hall–Kier alpha value is -2.94. The number of aryl methyl sites for hydroxylation is 2. The van der Waals surface area contributed by atoms with Crippen molar-refractivity contribution in [1.82, 2.24) is 14.9 Å². The number of piperidine rings is 1. The van der Waals surface area contributed by atoms with Crippen molar-refractivity contribution in [3.63, 3.8) is 0 Å². The van der Waals surface area contributed by atoms with Gasteiger partial charge in [0.15, 0.2) is 0 Å². The first-order valence-corrected chi connectivity index (χ1v) is 8.31. The van der Waals surface area contributed by atoms with E-state index < -0.39 is 11.9 Å². The van der Waals surface area contributed by atoms with Gasteiger partial charge in [0.25, 0.3) is 5.56 Å². The Morgan fingerprint density at radius 1 is 1.36 bits per heavy atom. The molecule has 0 bridgehead atoms. The lowest BCUT2D eigenvalue weighted by molar-refractivity contribution is -0.135. The largest absolute Gasteiger partial charge is 0.295 e. The van der Waals surface area contributed by atoms with Crippen molar-refractivity contribution >= 4 is 22.7 Å². The molecule has 25 heavy (non-hydrogen) atoms. The van der Waals surface area contributed by atoms with Crippen LogP contribution in [-0.4, -0.2) is 21.4 Å². The van der Waals surface area contributed by atoms with Crippen molar-refractivity contribution in [2.24, 2.45) is 0 Å². The van der Waals surface area contributed by atoms with Crippen LogP contribution in [0.3, 0.4) is 0 Å². The smallest absolute Gasteiger partial charge is 0.262 e. The number of rotatable bonds is 4. The molecule has 6 nitrogen and oxygen atoms in total. The number of carbonyl (C=O) groups is 2. The lowest BCUT2D eigenvalue weighted by atomic mass is 10.0. The fraction of sp³-hybridized carbons (Fsp3) is 0.368. The highest BCUT2D eigenvalue weighted by molar-refractivity contribution is 5.99. The minimum absolute atomic E-state index is 0.212. The third-order valence-electron chi connectivity index (χ3n) is 4.48. The Labute approximate surface area is 145 Å². The van der Waals surface area contributed by atoms with Gasteiger partial charge < -0.3 is 0 Å². The van der Waals surface area contributed by atoms with Crippen LogP contribution in [0.5, 0.6) is 0 Å². The van der Waals surface area contributed by atoms with E-state index in [-0.39, 0.29) is 17.9 Å². The molecule has 2 amide bonds. The minimum Gasteiger partial charge on any atom is -0.295 e. The van der Waals surface area contributed by atoms with Gasteiger partial charge in [-0.1, -0.05) is 12.1 Å². The molecule has 1 saturated heterocycles. The molecular formula is C19H19N3O3. The molecule has 0 aliphatic carbocycles. The summed E-state index contributed by atoms with van der Waals surface area (Å²) >= 11 is 0. The molecule has 1 aromatic heterocycles. The van der Waals surface area contributed by atoms with E-state index in [1.54, 1.807) is 13.0 Å². The van der Waals surface area contributed by atoms with Crippen molar-refractivity contribution in [3.8, 4) is 12.3 Å². The standard InChI is InChI=1S/C19H19N3O3/c1-3-4-5-7-13-8-6-9-14-17(13)19(25)22(12(2)20-14)15-10-11-16(23)21-18(15)24/h1,6,8-9,15H,4-5,7,10-11H2,2H3,(H,21,23,24). The summed E-state index contributed by atoms with van der Waals surface area (Å²) in [6.45, 7) is 1.70. The molecule has 0 radical (unpaired) electrons. The van der Waals surface area contributed by atoms with Crippen molar-refractivity contribution in [1.29, 1.82) is 0 Å². The summed E-state index contributed by atoms with van der Waals surface area (Å²) in [7, 11) is 0. The number of fused-ring (bicyclic) bond motifs is 1. The maximum atomic E-state index is 13.1. The van der Waals surface area contributed by atoms with Gasteiger partial charge in [-0.2, -0.15) is 0 Å². The van der Waals surface area contributed by atoms with Gasteiger partial charge in [-0.25, -0.2) is 4.98 Å². The van der Waals surface area contributed by atoms with E-state index in [1.165, 1.54) is 4.57 Å². The van der Waals surface area contributed by atoms with Crippen molar-refractivity contribution in [3.05, 3.63) is 39.9 Å². The fourth-order valence-electron chi connectivity index (χ4n) is 3.31. The normalized spacial score (nSPS) is 17.4. The lowest BCUT2D eigenvalue weighted by Gasteiger charge is -2.24. The summed E-state index contributed by atoms with van der Waals surface area (Å²) in [5, 5.41) is 2.82. The number of amides is 2. The maximum absolute atomic E-state index is 13.1. The van der Waals surface area contributed by atoms with Gasteiger partial charge in [0.05, 0.1) is 10.9 Å². The quantitative estimate of drug-likeness (QED) is 0.522. The first-order valence-electron chi connectivity index (χ1n) is 8.31. The van der Waals surface area contributed by atoms with Crippen LogP contribution >= 0.6 is 0 Å². The average molecular weight is 337 g/mol. The molecule has 1 aliphatic heterocycles. The van der Waals surface area contributed by atoms with E-state index >= 15 is 0 Å². The zero-order valence-electron chi connectivity index (χ0n) is 14.0. The van der Waals surface area contributed by atoms with Crippen molar-refractivity contribution in [2.75, 3.05) is 0 Å². The third-order valence-corrected chi connectivity index (χ3v) is 4.48. The number of nitrogens with zero attached hydrogens (tertiary/aromatic N) is 2. The summed E-state index contributed by atoms with van der Waals surface area (Å²) in [6.07, 6.45) is 7.91. The molecule has 1 aromatic carbocycles. The zero-order valence-corrected chi connectivity index (χ0v) is 14.0. The van der Waals surface area contributed by atoms with E-state index in [2.05, 4.69) is 16.2 Å². The van der Waals surface area contributed by atoms with Gasteiger partial charge in [-0.3, -0.25) is 24.3 Å². The molecule has 2 aromatic rings. The van der Waals surface area contributed by atoms with E-state index in [4.69, 9.17) is 6.42 Å². The van der Waals surface area contributed by atoms with Crippen LogP contribution in [0.4, 0.5) is 0 Å². The van der Waals surface area contributed by atoms with Crippen LogP contribution in [0.25, 0.3) is 10.9 Å². The van der Waals surface area contributed by atoms with Crippen LogP contribution < -0.4 is 10.9 Å². The Bertz CT molecular complexity index is 953. The van der Waals surface area contributed by atoms with Crippen LogP contribution in [0, 0.1) is 19.3 Å². The Morgan fingerprint density at radius 3 is 2.88 bits per heavy atom. The van der Waals surface area contributed by atoms with Crippen LogP contribution in [0.1, 0.15) is 43.1 Å². The highest BCUT2D eigenvalue weighted by Gasteiger charge is 2.30. The number of unbranched alkanes of at least 4 members (excludes halogenated alkanes) is 1. The molecule has 1 N–H and O–H groups in total. The first-order chi connectivity index (χ1) is 12.0. The van der Waals surface area contributed by atoms with Crippen molar-refractivity contribution in [2.45, 2.75) is 45.1 Å². The number of hydrogen-bond donors (Lipinski definition) is 1. The van der Waals surface area contributed by atoms with Gasteiger partial charge in [0.2, 0.25) is 11.8 Å². The number of aromatic nitrogens is 2. The molecule has 1 fully saturated rings. The number of benzene rings is 1. The molecule has 2 heterocycles. The number of hydrogen-bond acceptors (Lipinski definition) is 4. The molecule has 1 atom stereocenters. The van der Waals surface area contributed by atoms with Crippen LogP contribution in [0.15, 0.2) is 23.0 Å². The number of carbonyl (C=O) groups excluding carboxylic acids is 2. The lowest BCUT2D eigenvalue weighted by Crippen LogP contribution is -2.45. The van der Waals surface area contributed by atoms with Gasteiger partial charge in [-0.15, -0.1) is 12.3 Å². The van der Waals surface area contributed by atoms with Gasteiger partial charge in [-0.05, 0) is 37.8 Å². The summed E-state index contributed by atoms with van der Waals surface area (Å²) in [5.74, 6) is 2.30. The summed E-state index contributed by atoms with van der Waals surface area (Å²) < 4.78 is 1.41. The molecule has 0 spiro atoms. The SMILES string of the molecule is C#CCCCc1cccc2nc(C)n(C3CCC(=O)NC3=O)c(=O)c12.